The lowest BCUT2D eigenvalue weighted by Gasteiger charge is -2.36. The van der Waals surface area contributed by atoms with Crippen molar-refractivity contribution in [3.63, 3.8) is 0 Å². The number of benzene rings is 2. The summed E-state index contributed by atoms with van der Waals surface area (Å²) in [7, 11) is 0. The fourth-order valence-electron chi connectivity index (χ4n) is 3.69. The zero-order chi connectivity index (χ0) is 21.8. The summed E-state index contributed by atoms with van der Waals surface area (Å²) in [6.45, 7) is 4.68. The Hall–Kier alpha value is -3.25. The van der Waals surface area contributed by atoms with Crippen LogP contribution in [0.5, 0.6) is 0 Å². The van der Waals surface area contributed by atoms with Crippen LogP contribution in [0.25, 0.3) is 11.3 Å². The van der Waals surface area contributed by atoms with E-state index in [0.717, 1.165) is 24.3 Å². The highest BCUT2D eigenvalue weighted by Crippen LogP contribution is 2.28. The molecule has 0 radical (unpaired) electrons. The van der Waals surface area contributed by atoms with E-state index in [1.165, 1.54) is 0 Å². The zero-order valence-electron chi connectivity index (χ0n) is 17.3. The Morgan fingerprint density at radius 1 is 0.968 bits per heavy atom. The minimum absolute atomic E-state index is 0.176. The molecule has 3 aromatic rings. The van der Waals surface area contributed by atoms with Crippen LogP contribution < -0.4 is 10.2 Å². The van der Waals surface area contributed by atoms with Crippen LogP contribution in [-0.2, 0) is 4.79 Å². The Labute approximate surface area is 186 Å². The van der Waals surface area contributed by atoms with Gasteiger partial charge in [0, 0.05) is 43.2 Å². The van der Waals surface area contributed by atoms with Crippen LogP contribution in [0, 0.1) is 0 Å². The number of hydrogen-bond acceptors (Lipinski definition) is 4. The fraction of sp³-hybridized carbons (Fsp3) is 0.250. The first-order chi connectivity index (χ1) is 15.0. The molecule has 1 aliphatic rings. The highest BCUT2D eigenvalue weighted by Gasteiger charge is 2.22. The van der Waals surface area contributed by atoms with Crippen molar-refractivity contribution >= 4 is 34.8 Å². The molecule has 0 atom stereocenters. The van der Waals surface area contributed by atoms with Gasteiger partial charge in [0.25, 0.3) is 5.91 Å². The maximum Gasteiger partial charge on any atom is 0.291 e. The third kappa shape index (κ3) is 4.75. The molecule has 1 saturated heterocycles. The number of anilines is 2. The molecule has 1 aromatic heterocycles. The Balaban J connectivity index is 1.46. The number of furan rings is 1. The van der Waals surface area contributed by atoms with E-state index in [2.05, 4.69) is 10.2 Å². The molecular formula is C24H24ClN3O3. The highest BCUT2D eigenvalue weighted by molar-refractivity contribution is 6.30. The number of hydrogen-bond donors (Lipinski definition) is 1. The minimum atomic E-state index is -0.313. The van der Waals surface area contributed by atoms with Crippen LogP contribution in [-0.4, -0.2) is 42.9 Å². The molecule has 1 fully saturated rings. The molecule has 31 heavy (non-hydrogen) atoms. The average Bonchev–Trinajstić information content (AvgIpc) is 3.30. The second kappa shape index (κ2) is 9.27. The first kappa shape index (κ1) is 21.0. The molecule has 160 valence electrons. The third-order valence-electron chi connectivity index (χ3n) is 5.39. The lowest BCUT2D eigenvalue weighted by atomic mass is 10.2. The molecule has 7 heteroatoms. The van der Waals surface area contributed by atoms with Gasteiger partial charge in [-0.2, -0.15) is 0 Å². The van der Waals surface area contributed by atoms with Crippen molar-refractivity contribution in [2.24, 2.45) is 0 Å². The Kier molecular flexibility index (Phi) is 6.28. The Bertz CT molecular complexity index is 1070. The molecule has 6 nitrogen and oxygen atoms in total. The van der Waals surface area contributed by atoms with Gasteiger partial charge in [-0.05, 0) is 48.5 Å². The van der Waals surface area contributed by atoms with Crippen LogP contribution in [0.15, 0.2) is 65.1 Å². The number of amides is 2. The predicted molar refractivity (Wildman–Crippen MR) is 123 cm³/mol. The molecular weight excluding hydrogens is 414 g/mol. The monoisotopic (exact) mass is 437 g/mol. The maximum absolute atomic E-state index is 12.8. The summed E-state index contributed by atoms with van der Waals surface area (Å²) >= 11 is 5.94. The van der Waals surface area contributed by atoms with E-state index in [1.54, 1.807) is 24.3 Å². The second-order valence-electron chi connectivity index (χ2n) is 7.36. The van der Waals surface area contributed by atoms with Crippen LogP contribution in [0.3, 0.4) is 0 Å². The van der Waals surface area contributed by atoms with Crippen LogP contribution in [0.1, 0.15) is 23.9 Å². The van der Waals surface area contributed by atoms with Crippen molar-refractivity contribution in [3.8, 4) is 11.3 Å². The topological polar surface area (TPSA) is 65.8 Å². The molecule has 0 unspecified atom stereocenters. The molecule has 0 aliphatic carbocycles. The van der Waals surface area contributed by atoms with Crippen molar-refractivity contribution in [1.29, 1.82) is 0 Å². The van der Waals surface area contributed by atoms with Gasteiger partial charge >= 0.3 is 0 Å². The number of halogens is 1. The van der Waals surface area contributed by atoms with E-state index < -0.39 is 0 Å². The van der Waals surface area contributed by atoms with E-state index in [-0.39, 0.29) is 17.6 Å². The summed E-state index contributed by atoms with van der Waals surface area (Å²) in [6.07, 6.45) is 0.522. The number of carbonyl (C=O) groups excluding carboxylic acids is 2. The average molecular weight is 438 g/mol. The molecule has 2 heterocycles. The molecule has 4 rings (SSSR count). The number of nitrogens with zero attached hydrogens (tertiary/aromatic N) is 2. The summed E-state index contributed by atoms with van der Waals surface area (Å²) in [5.41, 5.74) is 2.50. The summed E-state index contributed by atoms with van der Waals surface area (Å²) in [5, 5.41) is 3.61. The van der Waals surface area contributed by atoms with Gasteiger partial charge < -0.3 is 19.5 Å². The summed E-state index contributed by atoms with van der Waals surface area (Å²) in [6, 6.07) is 18.4. The molecule has 2 amide bonds. The minimum Gasteiger partial charge on any atom is -0.451 e. The van der Waals surface area contributed by atoms with Gasteiger partial charge in [-0.25, -0.2) is 0 Å². The molecule has 0 bridgehead atoms. The van der Waals surface area contributed by atoms with Gasteiger partial charge in [-0.1, -0.05) is 30.7 Å². The van der Waals surface area contributed by atoms with E-state index >= 15 is 0 Å². The number of nitrogens with one attached hydrogen (secondary N) is 1. The standard InChI is InChI=1S/C24H24ClN3O3/c1-2-23(29)28-15-13-27(14-16-28)20-6-4-3-5-19(20)26-24(30)22-12-11-21(31-22)17-7-9-18(25)10-8-17/h3-12H,2,13-16H2,1H3,(H,26,30). The summed E-state index contributed by atoms with van der Waals surface area (Å²) < 4.78 is 5.77. The second-order valence-corrected chi connectivity index (χ2v) is 7.80. The number of para-hydroxylation sites is 2. The van der Waals surface area contributed by atoms with Crippen molar-refractivity contribution in [2.45, 2.75) is 13.3 Å². The quantitative estimate of drug-likeness (QED) is 0.615. The highest BCUT2D eigenvalue weighted by atomic mass is 35.5. The largest absolute Gasteiger partial charge is 0.451 e. The number of carbonyl (C=O) groups is 2. The zero-order valence-corrected chi connectivity index (χ0v) is 18.1. The first-order valence-electron chi connectivity index (χ1n) is 10.3. The normalized spacial score (nSPS) is 13.9. The van der Waals surface area contributed by atoms with Crippen LogP contribution in [0.2, 0.25) is 5.02 Å². The van der Waals surface area contributed by atoms with Crippen molar-refractivity contribution in [1.82, 2.24) is 4.90 Å². The van der Waals surface area contributed by atoms with Gasteiger partial charge in [-0.3, -0.25) is 9.59 Å². The summed E-state index contributed by atoms with van der Waals surface area (Å²) in [5.74, 6) is 0.702. The van der Waals surface area contributed by atoms with Gasteiger partial charge in [0.1, 0.15) is 5.76 Å². The molecule has 1 N–H and O–H groups in total. The van der Waals surface area contributed by atoms with E-state index in [0.29, 0.717) is 36.0 Å². The van der Waals surface area contributed by atoms with Crippen molar-refractivity contribution in [3.05, 3.63) is 71.4 Å². The molecule has 0 saturated carbocycles. The molecule has 1 aliphatic heterocycles. The predicted octanol–water partition coefficient (Wildman–Crippen LogP) is 4.91. The third-order valence-corrected chi connectivity index (χ3v) is 5.64. The number of rotatable bonds is 5. The van der Waals surface area contributed by atoms with E-state index in [1.807, 2.05) is 48.2 Å². The van der Waals surface area contributed by atoms with E-state index in [4.69, 9.17) is 16.0 Å². The lowest BCUT2D eigenvalue weighted by molar-refractivity contribution is -0.131. The van der Waals surface area contributed by atoms with Gasteiger partial charge in [0.2, 0.25) is 5.91 Å². The van der Waals surface area contributed by atoms with Crippen LogP contribution >= 0.6 is 11.6 Å². The van der Waals surface area contributed by atoms with E-state index in [9.17, 15) is 9.59 Å². The van der Waals surface area contributed by atoms with Gasteiger partial charge in [-0.15, -0.1) is 0 Å². The SMILES string of the molecule is CCC(=O)N1CCN(c2ccccc2NC(=O)c2ccc(-c3ccc(Cl)cc3)o2)CC1. The first-order valence-corrected chi connectivity index (χ1v) is 10.7. The fourth-order valence-corrected chi connectivity index (χ4v) is 3.81. The Morgan fingerprint density at radius 3 is 2.39 bits per heavy atom. The smallest absolute Gasteiger partial charge is 0.291 e. The maximum atomic E-state index is 12.8. The van der Waals surface area contributed by atoms with Gasteiger partial charge in [0.05, 0.1) is 11.4 Å². The van der Waals surface area contributed by atoms with Crippen molar-refractivity contribution < 1.29 is 14.0 Å². The lowest BCUT2D eigenvalue weighted by Crippen LogP contribution is -2.48. The summed E-state index contributed by atoms with van der Waals surface area (Å²) in [4.78, 5) is 28.8. The molecule has 2 aromatic carbocycles. The van der Waals surface area contributed by atoms with Crippen LogP contribution in [0.4, 0.5) is 11.4 Å². The number of piperazine rings is 1. The molecule has 0 spiro atoms. The van der Waals surface area contributed by atoms with Crippen molar-refractivity contribution in [2.75, 3.05) is 36.4 Å². The Morgan fingerprint density at radius 2 is 1.68 bits per heavy atom. The van der Waals surface area contributed by atoms with Gasteiger partial charge in [0.15, 0.2) is 5.76 Å².